The number of rotatable bonds is 2. The molecule has 0 heterocycles. The highest BCUT2D eigenvalue weighted by Gasteiger charge is 2.15. The molecule has 0 aromatic heterocycles. The molecule has 3 heteroatoms. The molecular formula is C8H17NOS. The van der Waals surface area contributed by atoms with Crippen molar-refractivity contribution in [2.45, 2.75) is 32.6 Å². The van der Waals surface area contributed by atoms with Gasteiger partial charge in [-0.2, -0.15) is 0 Å². The van der Waals surface area contributed by atoms with Crippen LogP contribution in [0.25, 0.3) is 0 Å². The minimum atomic E-state index is 0. The van der Waals surface area contributed by atoms with Gasteiger partial charge >= 0.3 is 0 Å². The molecule has 1 rings (SSSR count). The van der Waals surface area contributed by atoms with Gasteiger partial charge < -0.3 is 6.15 Å². The zero-order valence-electron chi connectivity index (χ0n) is 7.14. The largest absolute Gasteiger partial charge is 0.344 e. The molecule has 0 unspecified atom stereocenters. The van der Waals surface area contributed by atoms with E-state index in [0.29, 0.717) is 0 Å². The van der Waals surface area contributed by atoms with Crippen molar-refractivity contribution in [3.8, 4) is 0 Å². The van der Waals surface area contributed by atoms with E-state index in [1.165, 1.54) is 37.4 Å². The minimum Gasteiger partial charge on any atom is -0.344 e. The number of carbonyl (C=O) groups excluding carboxylic acids is 1. The molecule has 11 heavy (non-hydrogen) atoms. The molecule has 0 aromatic carbocycles. The number of thioether (sulfide) groups is 1. The van der Waals surface area contributed by atoms with E-state index in [2.05, 4.69) is 0 Å². The van der Waals surface area contributed by atoms with Crippen LogP contribution < -0.4 is 6.15 Å². The van der Waals surface area contributed by atoms with Crippen molar-refractivity contribution in [1.82, 2.24) is 6.15 Å². The van der Waals surface area contributed by atoms with Crippen LogP contribution in [0.15, 0.2) is 0 Å². The van der Waals surface area contributed by atoms with Crippen molar-refractivity contribution < 1.29 is 4.79 Å². The summed E-state index contributed by atoms with van der Waals surface area (Å²) in [6.45, 7) is 1.65. The Hall–Kier alpha value is -0.0200. The van der Waals surface area contributed by atoms with E-state index in [1.54, 1.807) is 6.92 Å². The Morgan fingerprint density at radius 2 is 2.00 bits per heavy atom. The molecule has 0 saturated heterocycles. The van der Waals surface area contributed by atoms with Gasteiger partial charge in [-0.05, 0) is 18.8 Å². The lowest BCUT2D eigenvalue weighted by Crippen LogP contribution is -1.98. The fraction of sp³-hybridized carbons (Fsp3) is 0.875. The maximum Gasteiger partial charge on any atom is 0.185 e. The maximum atomic E-state index is 10.6. The highest BCUT2D eigenvalue weighted by atomic mass is 32.2. The van der Waals surface area contributed by atoms with Gasteiger partial charge in [0.25, 0.3) is 0 Å². The van der Waals surface area contributed by atoms with Gasteiger partial charge in [-0.15, -0.1) is 0 Å². The fourth-order valence-corrected chi connectivity index (χ4v) is 2.22. The summed E-state index contributed by atoms with van der Waals surface area (Å²) >= 11 is 1.49. The van der Waals surface area contributed by atoms with Gasteiger partial charge in [-0.1, -0.05) is 24.6 Å². The second kappa shape index (κ2) is 5.61. The second-order valence-corrected chi connectivity index (χ2v) is 4.15. The highest BCUT2D eigenvalue weighted by Crippen LogP contribution is 2.27. The Balaban J connectivity index is 0.000001000. The quantitative estimate of drug-likeness (QED) is 0.702. The van der Waals surface area contributed by atoms with E-state index < -0.39 is 0 Å². The third kappa shape index (κ3) is 4.43. The van der Waals surface area contributed by atoms with Crippen LogP contribution in [0.2, 0.25) is 0 Å². The molecule has 0 spiro atoms. The van der Waals surface area contributed by atoms with E-state index in [-0.39, 0.29) is 11.3 Å². The fourth-order valence-electron chi connectivity index (χ4n) is 1.41. The van der Waals surface area contributed by atoms with Gasteiger partial charge in [-0.25, -0.2) is 0 Å². The Kier molecular flexibility index (Phi) is 5.60. The molecule has 2 nitrogen and oxygen atoms in total. The minimum absolute atomic E-state index is 0. The summed E-state index contributed by atoms with van der Waals surface area (Å²) < 4.78 is 0. The third-order valence-corrected chi connectivity index (χ3v) is 3.04. The van der Waals surface area contributed by atoms with Crippen molar-refractivity contribution in [1.29, 1.82) is 0 Å². The standard InChI is InChI=1S/C8H14OS.H3N/c1-7(9)10-6-8-4-2-3-5-8;/h8H,2-6H2,1H3;1H3. The molecule has 1 aliphatic rings. The van der Waals surface area contributed by atoms with Crippen LogP contribution in [0.1, 0.15) is 32.6 Å². The van der Waals surface area contributed by atoms with Gasteiger partial charge in [0.2, 0.25) is 0 Å². The normalized spacial score (nSPS) is 17.9. The van der Waals surface area contributed by atoms with Crippen LogP contribution in [0, 0.1) is 5.92 Å². The molecule has 3 N–H and O–H groups in total. The van der Waals surface area contributed by atoms with Crippen LogP contribution >= 0.6 is 11.8 Å². The van der Waals surface area contributed by atoms with E-state index in [0.717, 1.165) is 11.7 Å². The SMILES string of the molecule is CC(=O)SCC1CCCC1.N. The Bertz CT molecular complexity index is 121. The van der Waals surface area contributed by atoms with Crippen LogP contribution in [-0.2, 0) is 4.79 Å². The predicted octanol–water partition coefficient (Wildman–Crippen LogP) is 2.62. The first-order valence-electron chi connectivity index (χ1n) is 3.92. The monoisotopic (exact) mass is 175 g/mol. The lowest BCUT2D eigenvalue weighted by Gasteiger charge is -2.04. The first kappa shape index (κ1) is 11.0. The van der Waals surface area contributed by atoms with Crippen molar-refractivity contribution in [2.24, 2.45) is 5.92 Å². The van der Waals surface area contributed by atoms with Gasteiger partial charge in [0.05, 0.1) is 0 Å². The zero-order chi connectivity index (χ0) is 7.40. The molecule has 0 amide bonds. The molecule has 1 saturated carbocycles. The summed E-state index contributed by atoms with van der Waals surface area (Å²) in [4.78, 5) is 10.6. The van der Waals surface area contributed by atoms with E-state index >= 15 is 0 Å². The summed E-state index contributed by atoms with van der Waals surface area (Å²) in [6.07, 6.45) is 5.45. The number of hydrogen-bond donors (Lipinski definition) is 1. The summed E-state index contributed by atoms with van der Waals surface area (Å²) in [5.41, 5.74) is 0. The molecule has 1 fully saturated rings. The van der Waals surface area contributed by atoms with Gasteiger partial charge in [0.1, 0.15) is 0 Å². The van der Waals surface area contributed by atoms with Crippen molar-refractivity contribution in [3.05, 3.63) is 0 Å². The Labute approximate surface area is 72.7 Å². The van der Waals surface area contributed by atoms with Gasteiger partial charge in [0.15, 0.2) is 5.12 Å². The van der Waals surface area contributed by atoms with Gasteiger partial charge in [0, 0.05) is 12.7 Å². The van der Waals surface area contributed by atoms with Gasteiger partial charge in [-0.3, -0.25) is 4.79 Å². The predicted molar refractivity (Wildman–Crippen MR) is 50.1 cm³/mol. The van der Waals surface area contributed by atoms with E-state index in [1.807, 2.05) is 0 Å². The average molecular weight is 175 g/mol. The number of carbonyl (C=O) groups is 1. The molecular weight excluding hydrogens is 158 g/mol. The Morgan fingerprint density at radius 1 is 1.45 bits per heavy atom. The van der Waals surface area contributed by atoms with Crippen LogP contribution in [0.3, 0.4) is 0 Å². The Morgan fingerprint density at radius 3 is 2.45 bits per heavy atom. The first-order chi connectivity index (χ1) is 4.79. The third-order valence-electron chi connectivity index (χ3n) is 2.00. The zero-order valence-corrected chi connectivity index (χ0v) is 7.95. The lowest BCUT2D eigenvalue weighted by atomic mass is 10.1. The maximum absolute atomic E-state index is 10.6. The molecule has 0 aromatic rings. The molecule has 0 radical (unpaired) electrons. The lowest BCUT2D eigenvalue weighted by molar-refractivity contribution is -0.109. The topological polar surface area (TPSA) is 52.1 Å². The van der Waals surface area contributed by atoms with Crippen molar-refractivity contribution in [2.75, 3.05) is 5.75 Å². The molecule has 1 aliphatic carbocycles. The molecule has 0 aliphatic heterocycles. The summed E-state index contributed by atoms with van der Waals surface area (Å²) in [6, 6.07) is 0. The van der Waals surface area contributed by atoms with Crippen molar-refractivity contribution >= 4 is 16.9 Å². The molecule has 66 valence electrons. The van der Waals surface area contributed by atoms with E-state index in [4.69, 9.17) is 0 Å². The van der Waals surface area contributed by atoms with E-state index in [9.17, 15) is 4.79 Å². The van der Waals surface area contributed by atoms with Crippen LogP contribution in [0.5, 0.6) is 0 Å². The van der Waals surface area contributed by atoms with Crippen LogP contribution in [0.4, 0.5) is 0 Å². The smallest absolute Gasteiger partial charge is 0.185 e. The number of hydrogen-bond acceptors (Lipinski definition) is 3. The highest BCUT2D eigenvalue weighted by molar-refractivity contribution is 8.13. The average Bonchev–Trinajstić information content (AvgIpc) is 2.34. The summed E-state index contributed by atoms with van der Waals surface area (Å²) in [5, 5.41) is 0.270. The van der Waals surface area contributed by atoms with Crippen LogP contribution in [-0.4, -0.2) is 10.9 Å². The molecule has 0 bridgehead atoms. The molecule has 0 atom stereocenters. The van der Waals surface area contributed by atoms with Crippen molar-refractivity contribution in [3.63, 3.8) is 0 Å². The second-order valence-electron chi connectivity index (χ2n) is 2.95. The summed E-state index contributed by atoms with van der Waals surface area (Å²) in [7, 11) is 0. The summed E-state index contributed by atoms with van der Waals surface area (Å²) in [5.74, 6) is 1.91. The first-order valence-corrected chi connectivity index (χ1v) is 4.91.